The molecule has 3 heterocycles. The van der Waals surface area contributed by atoms with Gasteiger partial charge in [-0.05, 0) is 45.1 Å². The Morgan fingerprint density at radius 1 is 1.37 bits per heavy atom. The van der Waals surface area contributed by atoms with Crippen LogP contribution >= 0.6 is 0 Å². The van der Waals surface area contributed by atoms with Gasteiger partial charge in [0.15, 0.2) is 0 Å². The summed E-state index contributed by atoms with van der Waals surface area (Å²) in [6, 6.07) is 0. The van der Waals surface area contributed by atoms with Crippen LogP contribution in [0.4, 0.5) is 0 Å². The summed E-state index contributed by atoms with van der Waals surface area (Å²) in [6.07, 6.45) is 7.94. The third-order valence-corrected chi connectivity index (χ3v) is 5.08. The molecule has 0 bridgehead atoms. The lowest BCUT2D eigenvalue weighted by Gasteiger charge is -2.25. The van der Waals surface area contributed by atoms with Crippen LogP contribution in [0, 0.1) is 5.41 Å². The van der Waals surface area contributed by atoms with Crippen molar-refractivity contribution in [1.29, 1.82) is 0 Å². The van der Waals surface area contributed by atoms with Crippen molar-refractivity contribution >= 4 is 5.91 Å². The van der Waals surface area contributed by atoms with E-state index in [2.05, 4.69) is 10.2 Å². The van der Waals surface area contributed by atoms with Crippen LogP contribution in [0.1, 0.15) is 44.9 Å². The summed E-state index contributed by atoms with van der Waals surface area (Å²) < 4.78 is 5.70. The minimum absolute atomic E-state index is 0.336. The highest BCUT2D eigenvalue weighted by molar-refractivity contribution is 5.76. The van der Waals surface area contributed by atoms with Crippen molar-refractivity contribution in [1.82, 2.24) is 10.2 Å². The normalized spacial score (nSPS) is 35.2. The number of amides is 1. The van der Waals surface area contributed by atoms with E-state index < -0.39 is 0 Å². The zero-order chi connectivity index (χ0) is 13.1. The Bertz CT molecular complexity index is 320. The highest BCUT2D eigenvalue weighted by atomic mass is 16.5. The van der Waals surface area contributed by atoms with Crippen molar-refractivity contribution < 1.29 is 9.53 Å². The maximum atomic E-state index is 12.3. The van der Waals surface area contributed by atoms with Crippen LogP contribution < -0.4 is 5.32 Å². The molecule has 1 spiro atoms. The summed E-state index contributed by atoms with van der Waals surface area (Å²) in [4.78, 5) is 14.4. The van der Waals surface area contributed by atoms with Crippen LogP contribution in [0.25, 0.3) is 0 Å². The first-order valence-corrected chi connectivity index (χ1v) is 7.88. The van der Waals surface area contributed by atoms with Crippen molar-refractivity contribution in [2.75, 3.05) is 32.8 Å². The van der Waals surface area contributed by atoms with Gasteiger partial charge in [0.25, 0.3) is 0 Å². The van der Waals surface area contributed by atoms with E-state index in [9.17, 15) is 4.79 Å². The quantitative estimate of drug-likeness (QED) is 0.842. The van der Waals surface area contributed by atoms with E-state index in [4.69, 9.17) is 4.74 Å². The van der Waals surface area contributed by atoms with Crippen molar-refractivity contribution in [3.8, 4) is 0 Å². The predicted molar refractivity (Wildman–Crippen MR) is 73.9 cm³/mol. The number of rotatable bonds is 3. The monoisotopic (exact) mass is 266 g/mol. The Hall–Kier alpha value is -0.610. The smallest absolute Gasteiger partial charge is 0.222 e. The Morgan fingerprint density at radius 3 is 3.05 bits per heavy atom. The second-order valence-electron chi connectivity index (χ2n) is 6.52. The largest absolute Gasteiger partial charge is 0.378 e. The molecule has 2 atom stereocenters. The molecule has 4 heteroatoms. The van der Waals surface area contributed by atoms with Crippen LogP contribution in [0.15, 0.2) is 0 Å². The summed E-state index contributed by atoms with van der Waals surface area (Å²) in [5.41, 5.74) is 0.400. The first kappa shape index (κ1) is 13.4. The minimum atomic E-state index is 0.336. The second kappa shape index (κ2) is 5.80. The van der Waals surface area contributed by atoms with Crippen LogP contribution in [0.2, 0.25) is 0 Å². The third kappa shape index (κ3) is 3.11. The molecule has 19 heavy (non-hydrogen) atoms. The van der Waals surface area contributed by atoms with Crippen molar-refractivity contribution in [3.63, 3.8) is 0 Å². The summed E-state index contributed by atoms with van der Waals surface area (Å²) in [5.74, 6) is 0.345. The van der Waals surface area contributed by atoms with Gasteiger partial charge in [0, 0.05) is 38.1 Å². The Morgan fingerprint density at radius 2 is 2.32 bits per heavy atom. The lowest BCUT2D eigenvalue weighted by molar-refractivity contribution is -0.131. The highest BCUT2D eigenvalue weighted by Crippen LogP contribution is 2.36. The zero-order valence-corrected chi connectivity index (χ0v) is 11.8. The number of hydrogen-bond donors (Lipinski definition) is 1. The first-order valence-electron chi connectivity index (χ1n) is 7.88. The topological polar surface area (TPSA) is 41.6 Å². The van der Waals surface area contributed by atoms with Crippen LogP contribution in [-0.2, 0) is 9.53 Å². The van der Waals surface area contributed by atoms with Gasteiger partial charge in [0.1, 0.15) is 0 Å². The maximum absolute atomic E-state index is 12.3. The lowest BCUT2D eigenvalue weighted by atomic mass is 9.86. The number of carbonyl (C=O) groups excluding carboxylic acids is 1. The van der Waals surface area contributed by atoms with Gasteiger partial charge in [-0.25, -0.2) is 0 Å². The highest BCUT2D eigenvalue weighted by Gasteiger charge is 2.41. The van der Waals surface area contributed by atoms with Gasteiger partial charge < -0.3 is 15.0 Å². The van der Waals surface area contributed by atoms with E-state index in [1.54, 1.807) is 0 Å². The fourth-order valence-corrected chi connectivity index (χ4v) is 3.77. The molecule has 4 nitrogen and oxygen atoms in total. The van der Waals surface area contributed by atoms with Crippen LogP contribution in [-0.4, -0.2) is 49.7 Å². The molecule has 3 aliphatic heterocycles. The maximum Gasteiger partial charge on any atom is 0.222 e. The number of carbonyl (C=O) groups is 1. The molecular formula is C15H26N2O2. The van der Waals surface area contributed by atoms with E-state index in [0.717, 1.165) is 45.6 Å². The Labute approximate surface area is 115 Å². The molecule has 3 fully saturated rings. The Balaban J connectivity index is 1.43. The molecule has 0 aromatic carbocycles. The summed E-state index contributed by atoms with van der Waals surface area (Å²) in [6.45, 7) is 5.05. The van der Waals surface area contributed by atoms with Crippen molar-refractivity contribution in [2.45, 2.75) is 51.0 Å². The van der Waals surface area contributed by atoms with Crippen LogP contribution in [0.5, 0.6) is 0 Å². The number of likely N-dealkylation sites (tertiary alicyclic amines) is 1. The molecule has 0 aromatic heterocycles. The molecule has 1 amide bonds. The molecule has 2 unspecified atom stereocenters. The molecule has 0 aliphatic carbocycles. The summed E-state index contributed by atoms with van der Waals surface area (Å²) in [5, 5.41) is 3.44. The molecule has 1 N–H and O–H groups in total. The molecule has 0 radical (unpaired) electrons. The number of nitrogens with one attached hydrogen (secondary N) is 1. The third-order valence-electron chi connectivity index (χ3n) is 5.08. The first-order chi connectivity index (χ1) is 9.27. The lowest BCUT2D eigenvalue weighted by Crippen LogP contribution is -2.33. The SMILES string of the molecule is O=C(CCC1CCCCO1)N1CCC2(CCNC2)C1. The van der Waals surface area contributed by atoms with Crippen molar-refractivity contribution in [3.05, 3.63) is 0 Å². The van der Waals surface area contributed by atoms with Crippen LogP contribution in [0.3, 0.4) is 0 Å². The summed E-state index contributed by atoms with van der Waals surface area (Å²) in [7, 11) is 0. The van der Waals surface area contributed by atoms with Gasteiger partial charge in [-0.1, -0.05) is 0 Å². The minimum Gasteiger partial charge on any atom is -0.378 e. The molecule has 0 aromatic rings. The average molecular weight is 266 g/mol. The second-order valence-corrected chi connectivity index (χ2v) is 6.52. The average Bonchev–Trinajstić information content (AvgIpc) is 3.08. The molecule has 0 saturated carbocycles. The predicted octanol–water partition coefficient (Wildman–Crippen LogP) is 1.55. The van der Waals surface area contributed by atoms with Gasteiger partial charge in [0.05, 0.1) is 6.10 Å². The molecule has 108 valence electrons. The molecule has 3 aliphatic rings. The number of ether oxygens (including phenoxy) is 1. The molecule has 3 rings (SSSR count). The van der Waals surface area contributed by atoms with E-state index in [0.29, 0.717) is 23.8 Å². The number of hydrogen-bond acceptors (Lipinski definition) is 3. The van der Waals surface area contributed by atoms with E-state index in [1.807, 2.05) is 0 Å². The van der Waals surface area contributed by atoms with Gasteiger partial charge in [0.2, 0.25) is 5.91 Å². The fourth-order valence-electron chi connectivity index (χ4n) is 3.77. The van der Waals surface area contributed by atoms with E-state index >= 15 is 0 Å². The van der Waals surface area contributed by atoms with Gasteiger partial charge in [-0.3, -0.25) is 4.79 Å². The van der Waals surface area contributed by atoms with Gasteiger partial charge >= 0.3 is 0 Å². The standard InChI is InChI=1S/C15H26N2O2/c18-14(5-4-13-3-1-2-10-19-13)17-9-7-15(12-17)6-8-16-11-15/h13,16H,1-12H2. The number of nitrogens with zero attached hydrogens (tertiary/aromatic N) is 1. The fraction of sp³-hybridized carbons (Fsp3) is 0.933. The summed E-state index contributed by atoms with van der Waals surface area (Å²) >= 11 is 0. The zero-order valence-electron chi connectivity index (χ0n) is 11.8. The van der Waals surface area contributed by atoms with E-state index in [1.165, 1.54) is 25.7 Å². The van der Waals surface area contributed by atoms with Gasteiger partial charge in [-0.2, -0.15) is 0 Å². The molecular weight excluding hydrogens is 240 g/mol. The van der Waals surface area contributed by atoms with Crippen molar-refractivity contribution in [2.24, 2.45) is 5.41 Å². The van der Waals surface area contributed by atoms with E-state index in [-0.39, 0.29) is 0 Å². The molecule has 3 saturated heterocycles. The van der Waals surface area contributed by atoms with Gasteiger partial charge in [-0.15, -0.1) is 0 Å². The Kier molecular flexibility index (Phi) is 4.08.